The highest BCUT2D eigenvalue weighted by atomic mass is 79.9. The predicted molar refractivity (Wildman–Crippen MR) is 91.7 cm³/mol. The summed E-state index contributed by atoms with van der Waals surface area (Å²) in [5, 5.41) is 0. The Hall–Kier alpha value is -1.76. The number of hydrogen-bond donors (Lipinski definition) is 0. The maximum absolute atomic E-state index is 12.8. The van der Waals surface area contributed by atoms with Gasteiger partial charge >= 0.3 is 0 Å². The average Bonchev–Trinajstić information content (AvgIpc) is 3.06. The fraction of sp³-hybridized carbons (Fsp3) is 0.118. The summed E-state index contributed by atoms with van der Waals surface area (Å²) in [7, 11) is -3.73. The summed E-state index contributed by atoms with van der Waals surface area (Å²) >= 11 is 3.29. The van der Waals surface area contributed by atoms with Crippen LogP contribution in [0, 0.1) is 0 Å². The summed E-state index contributed by atoms with van der Waals surface area (Å²) in [6.45, 7) is 0.196. The van der Waals surface area contributed by atoms with Gasteiger partial charge in [0.2, 0.25) is 10.0 Å². The van der Waals surface area contributed by atoms with Gasteiger partial charge in [0.1, 0.15) is 6.04 Å². The average molecular weight is 392 g/mol. The number of hydrogen-bond acceptors (Lipinski definition) is 3. The number of rotatable bonds is 4. The zero-order chi connectivity index (χ0) is 16.4. The Morgan fingerprint density at radius 2 is 1.70 bits per heavy atom. The first-order valence-electron chi connectivity index (χ1n) is 7.03. The molecule has 0 aromatic heterocycles. The van der Waals surface area contributed by atoms with Crippen molar-refractivity contribution in [3.05, 3.63) is 76.8 Å². The largest absolute Gasteiger partial charge is 0.292 e. The molecule has 23 heavy (non-hydrogen) atoms. The molecule has 1 atom stereocenters. The van der Waals surface area contributed by atoms with E-state index in [1.165, 1.54) is 16.4 Å². The van der Waals surface area contributed by atoms with Crippen molar-refractivity contribution in [2.75, 3.05) is 6.54 Å². The van der Waals surface area contributed by atoms with Gasteiger partial charge in [-0.15, -0.1) is 0 Å². The second-order valence-electron chi connectivity index (χ2n) is 5.13. The van der Waals surface area contributed by atoms with Gasteiger partial charge < -0.3 is 0 Å². The number of carbonyl (C=O) groups is 1. The minimum atomic E-state index is -3.73. The molecule has 0 spiro atoms. The molecule has 2 aromatic rings. The van der Waals surface area contributed by atoms with E-state index in [1.54, 1.807) is 48.6 Å². The maximum atomic E-state index is 12.8. The second kappa shape index (κ2) is 6.39. The van der Waals surface area contributed by atoms with E-state index in [0.717, 1.165) is 4.47 Å². The lowest BCUT2D eigenvalue weighted by Gasteiger charge is -2.23. The molecule has 0 aliphatic carbocycles. The summed E-state index contributed by atoms with van der Waals surface area (Å²) < 4.78 is 27.6. The number of ketones is 1. The van der Waals surface area contributed by atoms with Crippen molar-refractivity contribution in [1.82, 2.24) is 4.31 Å². The van der Waals surface area contributed by atoms with E-state index in [-0.39, 0.29) is 17.2 Å². The molecule has 3 rings (SSSR count). The number of nitrogens with zero attached hydrogens (tertiary/aromatic N) is 1. The Labute approximate surface area is 143 Å². The van der Waals surface area contributed by atoms with Crippen LogP contribution in [-0.2, 0) is 10.0 Å². The van der Waals surface area contributed by atoms with Crippen LogP contribution in [0.25, 0.3) is 0 Å². The summed E-state index contributed by atoms with van der Waals surface area (Å²) in [6.07, 6.45) is 3.35. The SMILES string of the molecule is O=C(c1ccccc1)C1C=CCN1S(=O)(=O)c1ccc(Br)cc1. The monoisotopic (exact) mass is 391 g/mol. The van der Waals surface area contributed by atoms with E-state index in [2.05, 4.69) is 15.9 Å². The molecule has 2 aromatic carbocycles. The highest BCUT2D eigenvalue weighted by Crippen LogP contribution is 2.25. The molecule has 118 valence electrons. The third-order valence-electron chi connectivity index (χ3n) is 3.66. The molecule has 0 saturated heterocycles. The Bertz CT molecular complexity index is 845. The van der Waals surface area contributed by atoms with Crippen LogP contribution in [-0.4, -0.2) is 31.1 Å². The van der Waals surface area contributed by atoms with Gasteiger partial charge in [0.05, 0.1) is 4.90 Å². The zero-order valence-electron chi connectivity index (χ0n) is 12.1. The molecule has 1 heterocycles. The number of carbonyl (C=O) groups excluding carboxylic acids is 1. The summed E-state index contributed by atoms with van der Waals surface area (Å²) in [6, 6.07) is 14.3. The van der Waals surface area contributed by atoms with Crippen LogP contribution >= 0.6 is 15.9 Å². The van der Waals surface area contributed by atoms with Gasteiger partial charge in [-0.1, -0.05) is 58.4 Å². The van der Waals surface area contributed by atoms with Crippen LogP contribution in [0.4, 0.5) is 0 Å². The Kier molecular flexibility index (Phi) is 4.48. The van der Waals surface area contributed by atoms with Gasteiger partial charge in [0.25, 0.3) is 0 Å². The third-order valence-corrected chi connectivity index (χ3v) is 6.05. The number of benzene rings is 2. The van der Waals surface area contributed by atoms with Crippen LogP contribution in [0.5, 0.6) is 0 Å². The molecule has 1 aliphatic heterocycles. The van der Waals surface area contributed by atoms with Gasteiger partial charge in [0, 0.05) is 16.6 Å². The minimum absolute atomic E-state index is 0.176. The number of sulfonamides is 1. The standard InChI is InChI=1S/C17H14BrNO3S/c18-14-8-10-15(11-9-14)23(21,22)19-12-4-7-16(19)17(20)13-5-2-1-3-6-13/h1-11,16H,12H2. The van der Waals surface area contributed by atoms with Crippen molar-refractivity contribution in [2.24, 2.45) is 0 Å². The molecular weight excluding hydrogens is 378 g/mol. The normalized spacial score (nSPS) is 18.2. The molecule has 6 heteroatoms. The van der Waals surface area contributed by atoms with Crippen LogP contribution in [0.2, 0.25) is 0 Å². The second-order valence-corrected chi connectivity index (χ2v) is 7.94. The topological polar surface area (TPSA) is 54.5 Å². The third kappa shape index (κ3) is 3.15. The number of halogens is 1. The van der Waals surface area contributed by atoms with E-state index < -0.39 is 16.1 Å². The zero-order valence-corrected chi connectivity index (χ0v) is 14.5. The van der Waals surface area contributed by atoms with Crippen molar-refractivity contribution < 1.29 is 13.2 Å². The van der Waals surface area contributed by atoms with Crippen molar-refractivity contribution in [3.8, 4) is 0 Å². The van der Waals surface area contributed by atoms with Gasteiger partial charge in [-0.05, 0) is 24.3 Å². The van der Waals surface area contributed by atoms with Gasteiger partial charge in [-0.2, -0.15) is 4.31 Å². The first-order valence-corrected chi connectivity index (χ1v) is 9.27. The van der Waals surface area contributed by atoms with E-state index in [0.29, 0.717) is 5.56 Å². The molecule has 4 nitrogen and oxygen atoms in total. The van der Waals surface area contributed by atoms with Crippen molar-refractivity contribution in [3.63, 3.8) is 0 Å². The Morgan fingerprint density at radius 3 is 2.35 bits per heavy atom. The lowest BCUT2D eigenvalue weighted by atomic mass is 10.1. The van der Waals surface area contributed by atoms with E-state index in [1.807, 2.05) is 6.07 Å². The Morgan fingerprint density at radius 1 is 1.04 bits per heavy atom. The molecule has 0 saturated carbocycles. The molecule has 0 bridgehead atoms. The first kappa shape index (κ1) is 16.1. The predicted octanol–water partition coefficient (Wildman–Crippen LogP) is 3.26. The van der Waals surface area contributed by atoms with Crippen LogP contribution in [0.1, 0.15) is 10.4 Å². The molecule has 1 unspecified atom stereocenters. The molecule has 0 N–H and O–H groups in total. The van der Waals surface area contributed by atoms with Crippen LogP contribution < -0.4 is 0 Å². The van der Waals surface area contributed by atoms with Crippen molar-refractivity contribution in [1.29, 1.82) is 0 Å². The van der Waals surface area contributed by atoms with Gasteiger partial charge in [-0.25, -0.2) is 8.42 Å². The highest BCUT2D eigenvalue weighted by molar-refractivity contribution is 9.10. The summed E-state index contributed by atoms with van der Waals surface area (Å²) in [5.41, 5.74) is 0.500. The lowest BCUT2D eigenvalue weighted by Crippen LogP contribution is -2.40. The number of Topliss-reactive ketones (excluding diaryl/α,β-unsaturated/α-hetero) is 1. The Balaban J connectivity index is 1.93. The highest BCUT2D eigenvalue weighted by Gasteiger charge is 2.36. The maximum Gasteiger partial charge on any atom is 0.244 e. The molecule has 1 aliphatic rings. The molecule has 0 fully saturated rings. The minimum Gasteiger partial charge on any atom is -0.292 e. The summed E-state index contributed by atoms with van der Waals surface area (Å²) in [5.74, 6) is -0.222. The van der Waals surface area contributed by atoms with E-state index >= 15 is 0 Å². The van der Waals surface area contributed by atoms with Crippen LogP contribution in [0.15, 0.2) is 76.1 Å². The molecular formula is C17H14BrNO3S. The molecule has 0 radical (unpaired) electrons. The smallest absolute Gasteiger partial charge is 0.244 e. The van der Waals surface area contributed by atoms with E-state index in [4.69, 9.17) is 0 Å². The fourth-order valence-corrected chi connectivity index (χ4v) is 4.25. The van der Waals surface area contributed by atoms with Gasteiger partial charge in [-0.3, -0.25) is 4.79 Å². The summed E-state index contributed by atoms with van der Waals surface area (Å²) in [4.78, 5) is 12.8. The fourth-order valence-electron chi connectivity index (χ4n) is 2.48. The van der Waals surface area contributed by atoms with Crippen molar-refractivity contribution >= 4 is 31.7 Å². The van der Waals surface area contributed by atoms with Crippen LogP contribution in [0.3, 0.4) is 0 Å². The quantitative estimate of drug-likeness (QED) is 0.593. The molecule has 0 amide bonds. The first-order chi connectivity index (χ1) is 11.0. The van der Waals surface area contributed by atoms with Crippen molar-refractivity contribution in [2.45, 2.75) is 10.9 Å². The lowest BCUT2D eigenvalue weighted by molar-refractivity contribution is 0.0937. The van der Waals surface area contributed by atoms with Gasteiger partial charge in [0.15, 0.2) is 5.78 Å². The van der Waals surface area contributed by atoms with E-state index in [9.17, 15) is 13.2 Å².